The lowest BCUT2D eigenvalue weighted by Gasteiger charge is -2.30. The zero-order chi connectivity index (χ0) is 18.6. The Morgan fingerprint density at radius 1 is 1.31 bits per heavy atom. The van der Waals surface area contributed by atoms with E-state index in [4.69, 9.17) is 17.3 Å². The second-order valence-corrected chi connectivity index (χ2v) is 8.02. The lowest BCUT2D eigenvalue weighted by atomic mass is 9.88. The molecular weight excluding hydrogens is 366 g/mol. The topological polar surface area (TPSA) is 67.5 Å². The van der Waals surface area contributed by atoms with E-state index < -0.39 is 0 Å². The molecule has 3 rings (SSSR count). The van der Waals surface area contributed by atoms with Crippen LogP contribution in [0.1, 0.15) is 34.8 Å². The van der Waals surface area contributed by atoms with E-state index in [0.717, 1.165) is 28.3 Å². The quantitative estimate of drug-likeness (QED) is 0.815. The van der Waals surface area contributed by atoms with E-state index in [2.05, 4.69) is 17.2 Å². The van der Waals surface area contributed by atoms with Crippen LogP contribution in [0.4, 0.5) is 0 Å². The largest absolute Gasteiger partial charge is 0.379 e. The van der Waals surface area contributed by atoms with Crippen molar-refractivity contribution in [1.82, 2.24) is 5.32 Å². The van der Waals surface area contributed by atoms with Gasteiger partial charge in [0.05, 0.1) is 5.54 Å². The van der Waals surface area contributed by atoms with Gasteiger partial charge < -0.3 is 11.1 Å². The highest BCUT2D eigenvalue weighted by Gasteiger charge is 2.29. The molecule has 1 aliphatic heterocycles. The molecule has 136 valence electrons. The van der Waals surface area contributed by atoms with E-state index in [1.165, 1.54) is 0 Å². The van der Waals surface area contributed by atoms with Gasteiger partial charge in [-0.2, -0.15) is 0 Å². The summed E-state index contributed by atoms with van der Waals surface area (Å²) in [4.78, 5) is 17.1. The van der Waals surface area contributed by atoms with Gasteiger partial charge in [-0.3, -0.25) is 9.79 Å². The maximum absolute atomic E-state index is 12.5. The van der Waals surface area contributed by atoms with E-state index in [-0.39, 0.29) is 11.4 Å². The van der Waals surface area contributed by atoms with Crippen LogP contribution in [-0.2, 0) is 12.0 Å². The molecule has 0 aromatic heterocycles. The van der Waals surface area contributed by atoms with Gasteiger partial charge in [0, 0.05) is 22.9 Å². The minimum atomic E-state index is -0.372. The summed E-state index contributed by atoms with van der Waals surface area (Å²) in [7, 11) is 0. The standard InChI is InChI=1S/C20H22ClN3OS/c1-20(10-12-26-19(22)24-20)16-7-4-6-15(13-16)18(25)23-11-9-14-5-2-3-8-17(14)21/h2-8,13H,9-12H2,1H3,(H2,22,24)(H,23,25). The molecule has 1 heterocycles. The molecule has 26 heavy (non-hydrogen) atoms. The van der Waals surface area contributed by atoms with E-state index in [1.54, 1.807) is 11.8 Å². The summed E-state index contributed by atoms with van der Waals surface area (Å²) in [5.74, 6) is 0.838. The van der Waals surface area contributed by atoms with Crippen LogP contribution in [0.5, 0.6) is 0 Å². The number of aliphatic imine (C=N–C) groups is 1. The van der Waals surface area contributed by atoms with Crippen molar-refractivity contribution in [3.05, 3.63) is 70.2 Å². The van der Waals surface area contributed by atoms with Crippen LogP contribution in [0.15, 0.2) is 53.5 Å². The molecule has 2 aromatic carbocycles. The number of nitrogens with one attached hydrogen (secondary N) is 1. The number of nitrogens with zero attached hydrogens (tertiary/aromatic N) is 1. The van der Waals surface area contributed by atoms with Crippen molar-refractivity contribution in [2.45, 2.75) is 25.3 Å². The Bertz CT molecular complexity index is 839. The van der Waals surface area contributed by atoms with Gasteiger partial charge in [-0.1, -0.05) is 53.7 Å². The number of carbonyl (C=O) groups is 1. The molecule has 4 nitrogen and oxygen atoms in total. The third-order valence-corrected chi connectivity index (χ3v) is 5.74. The fourth-order valence-electron chi connectivity index (χ4n) is 3.00. The summed E-state index contributed by atoms with van der Waals surface area (Å²) in [5, 5.41) is 4.29. The first-order valence-corrected chi connectivity index (χ1v) is 9.94. The summed E-state index contributed by atoms with van der Waals surface area (Å²) >= 11 is 7.73. The number of nitrogens with two attached hydrogens (primary N) is 1. The van der Waals surface area contributed by atoms with E-state index in [9.17, 15) is 4.79 Å². The van der Waals surface area contributed by atoms with Crippen molar-refractivity contribution in [3.8, 4) is 0 Å². The smallest absolute Gasteiger partial charge is 0.251 e. The Morgan fingerprint density at radius 2 is 2.12 bits per heavy atom. The minimum Gasteiger partial charge on any atom is -0.379 e. The van der Waals surface area contributed by atoms with Crippen molar-refractivity contribution in [1.29, 1.82) is 0 Å². The molecule has 1 atom stereocenters. The lowest BCUT2D eigenvalue weighted by Crippen LogP contribution is -2.30. The average Bonchev–Trinajstić information content (AvgIpc) is 2.63. The van der Waals surface area contributed by atoms with E-state index >= 15 is 0 Å². The molecule has 0 saturated heterocycles. The lowest BCUT2D eigenvalue weighted by molar-refractivity contribution is 0.0954. The number of hydrogen-bond donors (Lipinski definition) is 2. The van der Waals surface area contributed by atoms with Crippen LogP contribution in [0.2, 0.25) is 5.02 Å². The molecule has 2 aromatic rings. The molecule has 0 fully saturated rings. The summed E-state index contributed by atoms with van der Waals surface area (Å²) in [6, 6.07) is 15.3. The average molecular weight is 388 g/mol. The maximum atomic E-state index is 12.5. The Morgan fingerprint density at radius 3 is 2.88 bits per heavy atom. The molecular formula is C20H22ClN3OS. The molecule has 0 radical (unpaired) electrons. The van der Waals surface area contributed by atoms with Crippen LogP contribution in [0.25, 0.3) is 0 Å². The number of hydrogen-bond acceptors (Lipinski definition) is 4. The van der Waals surface area contributed by atoms with Crippen LogP contribution >= 0.6 is 23.4 Å². The van der Waals surface area contributed by atoms with Gasteiger partial charge in [-0.05, 0) is 49.1 Å². The third kappa shape index (κ3) is 4.40. The fourth-order valence-corrected chi connectivity index (χ4v) is 4.21. The Balaban J connectivity index is 1.67. The summed E-state index contributed by atoms with van der Waals surface area (Å²) < 4.78 is 0. The van der Waals surface area contributed by atoms with Crippen molar-refractivity contribution in [2.24, 2.45) is 10.7 Å². The molecule has 0 spiro atoms. The highest BCUT2D eigenvalue weighted by Crippen LogP contribution is 2.35. The SMILES string of the molecule is CC1(c2cccc(C(=O)NCCc3ccccc3Cl)c2)CCSC(N)=N1. The van der Waals surface area contributed by atoms with Crippen LogP contribution in [-0.4, -0.2) is 23.4 Å². The zero-order valence-electron chi connectivity index (χ0n) is 14.7. The van der Waals surface area contributed by atoms with Gasteiger partial charge in [0.1, 0.15) is 0 Å². The number of amidine groups is 1. The monoisotopic (exact) mass is 387 g/mol. The second-order valence-electron chi connectivity index (χ2n) is 6.50. The zero-order valence-corrected chi connectivity index (χ0v) is 16.2. The number of halogens is 1. The molecule has 0 aliphatic carbocycles. The fraction of sp³-hybridized carbons (Fsp3) is 0.300. The number of carbonyl (C=O) groups excluding carboxylic acids is 1. The number of thioether (sulfide) groups is 1. The summed E-state index contributed by atoms with van der Waals surface area (Å²) in [5.41, 5.74) is 8.21. The van der Waals surface area contributed by atoms with Crippen molar-refractivity contribution in [3.63, 3.8) is 0 Å². The molecule has 0 saturated carbocycles. The minimum absolute atomic E-state index is 0.0929. The van der Waals surface area contributed by atoms with E-state index in [1.807, 2.05) is 48.5 Å². The number of benzene rings is 2. The van der Waals surface area contributed by atoms with Gasteiger partial charge in [-0.25, -0.2) is 0 Å². The van der Waals surface area contributed by atoms with Crippen molar-refractivity contribution >= 4 is 34.4 Å². The molecule has 1 amide bonds. The number of amides is 1. The van der Waals surface area contributed by atoms with Crippen molar-refractivity contribution < 1.29 is 4.79 Å². The highest BCUT2D eigenvalue weighted by molar-refractivity contribution is 8.13. The molecule has 1 unspecified atom stereocenters. The van der Waals surface area contributed by atoms with Gasteiger partial charge in [0.15, 0.2) is 5.17 Å². The molecule has 3 N–H and O–H groups in total. The first-order valence-electron chi connectivity index (χ1n) is 8.58. The molecule has 0 bridgehead atoms. The van der Waals surface area contributed by atoms with Crippen molar-refractivity contribution in [2.75, 3.05) is 12.3 Å². The van der Waals surface area contributed by atoms with Crippen LogP contribution < -0.4 is 11.1 Å². The van der Waals surface area contributed by atoms with E-state index in [0.29, 0.717) is 23.7 Å². The maximum Gasteiger partial charge on any atom is 0.251 e. The molecule has 6 heteroatoms. The number of rotatable bonds is 5. The second kappa shape index (κ2) is 8.14. The normalized spacial score (nSPS) is 19.7. The molecule has 1 aliphatic rings. The Hall–Kier alpha value is -1.98. The first-order chi connectivity index (χ1) is 12.5. The van der Waals surface area contributed by atoms with Gasteiger partial charge in [0.2, 0.25) is 0 Å². The highest BCUT2D eigenvalue weighted by atomic mass is 35.5. The summed E-state index contributed by atoms with van der Waals surface area (Å²) in [6.45, 7) is 2.60. The third-order valence-electron chi connectivity index (χ3n) is 4.58. The van der Waals surface area contributed by atoms with Crippen LogP contribution in [0, 0.1) is 0 Å². The van der Waals surface area contributed by atoms with Gasteiger partial charge in [-0.15, -0.1) is 0 Å². The predicted octanol–water partition coefficient (Wildman–Crippen LogP) is 3.98. The predicted molar refractivity (Wildman–Crippen MR) is 110 cm³/mol. The Kier molecular flexibility index (Phi) is 5.89. The van der Waals surface area contributed by atoms with Gasteiger partial charge >= 0.3 is 0 Å². The Labute approximate surface area is 163 Å². The van der Waals surface area contributed by atoms with Gasteiger partial charge in [0.25, 0.3) is 5.91 Å². The summed E-state index contributed by atoms with van der Waals surface area (Å²) in [6.07, 6.45) is 1.59. The first kappa shape index (κ1) is 18.8. The van der Waals surface area contributed by atoms with Crippen LogP contribution in [0.3, 0.4) is 0 Å².